The first kappa shape index (κ1) is 14.6. The predicted molar refractivity (Wildman–Crippen MR) is 74.3 cm³/mol. The van der Waals surface area contributed by atoms with E-state index in [-0.39, 0.29) is 23.5 Å². The molecule has 0 saturated carbocycles. The standard InChI is InChI=1S/C13H18N2O2S/c1-9-3-5-11(6-4-9)10(2)15-13(17)8-18-7-12(14)16/h3-6,10H,7-8H2,1-2H3,(H2,14,16)(H,15,17)/t10-/m0/s1. The molecule has 0 bridgehead atoms. The number of carbonyl (C=O) groups excluding carboxylic acids is 2. The summed E-state index contributed by atoms with van der Waals surface area (Å²) < 4.78 is 0. The minimum Gasteiger partial charge on any atom is -0.369 e. The Labute approximate surface area is 111 Å². The lowest BCUT2D eigenvalue weighted by Crippen LogP contribution is -2.28. The Kier molecular flexibility index (Phi) is 5.71. The van der Waals surface area contributed by atoms with Gasteiger partial charge in [-0.15, -0.1) is 11.8 Å². The van der Waals surface area contributed by atoms with Crippen molar-refractivity contribution in [3.63, 3.8) is 0 Å². The minimum atomic E-state index is -0.403. The highest BCUT2D eigenvalue weighted by molar-refractivity contribution is 8.00. The summed E-state index contributed by atoms with van der Waals surface area (Å²) in [5, 5.41) is 2.88. The zero-order chi connectivity index (χ0) is 13.5. The summed E-state index contributed by atoms with van der Waals surface area (Å²) in [5.74, 6) is -0.0698. The summed E-state index contributed by atoms with van der Waals surface area (Å²) in [7, 11) is 0. The molecule has 0 spiro atoms. The molecule has 0 aliphatic heterocycles. The molecule has 5 heteroatoms. The normalized spacial score (nSPS) is 11.9. The molecule has 0 unspecified atom stereocenters. The van der Waals surface area contributed by atoms with Crippen molar-refractivity contribution in [3.8, 4) is 0 Å². The molecule has 1 aromatic rings. The first-order valence-electron chi connectivity index (χ1n) is 5.71. The first-order valence-corrected chi connectivity index (χ1v) is 6.86. The Morgan fingerprint density at radius 1 is 1.28 bits per heavy atom. The molecule has 0 aromatic heterocycles. The molecule has 1 atom stereocenters. The van der Waals surface area contributed by atoms with Crippen molar-refractivity contribution in [1.82, 2.24) is 5.32 Å². The highest BCUT2D eigenvalue weighted by Gasteiger charge is 2.09. The van der Waals surface area contributed by atoms with Crippen LogP contribution in [0.1, 0.15) is 24.1 Å². The fourth-order valence-electron chi connectivity index (χ4n) is 1.47. The Morgan fingerprint density at radius 3 is 2.44 bits per heavy atom. The van der Waals surface area contributed by atoms with Crippen LogP contribution in [0.4, 0.5) is 0 Å². The highest BCUT2D eigenvalue weighted by Crippen LogP contribution is 2.13. The predicted octanol–water partition coefficient (Wildman–Crippen LogP) is 1.39. The molecule has 3 N–H and O–H groups in total. The van der Waals surface area contributed by atoms with E-state index in [1.807, 2.05) is 38.1 Å². The molecule has 0 aliphatic rings. The van der Waals surface area contributed by atoms with Crippen LogP contribution in [0.15, 0.2) is 24.3 Å². The Morgan fingerprint density at radius 2 is 1.89 bits per heavy atom. The molecule has 0 fully saturated rings. The van der Waals surface area contributed by atoms with Gasteiger partial charge in [0, 0.05) is 0 Å². The van der Waals surface area contributed by atoms with Crippen LogP contribution in [-0.4, -0.2) is 23.3 Å². The van der Waals surface area contributed by atoms with Crippen molar-refractivity contribution in [3.05, 3.63) is 35.4 Å². The van der Waals surface area contributed by atoms with E-state index < -0.39 is 5.91 Å². The molecule has 1 aromatic carbocycles. The van der Waals surface area contributed by atoms with Crippen molar-refractivity contribution in [2.75, 3.05) is 11.5 Å². The topological polar surface area (TPSA) is 72.2 Å². The summed E-state index contributed by atoms with van der Waals surface area (Å²) in [6.45, 7) is 3.95. The van der Waals surface area contributed by atoms with Crippen LogP contribution in [0.2, 0.25) is 0 Å². The number of hydrogen-bond donors (Lipinski definition) is 2. The van der Waals surface area contributed by atoms with Crippen LogP contribution in [0.25, 0.3) is 0 Å². The molecule has 0 saturated heterocycles. The lowest BCUT2D eigenvalue weighted by atomic mass is 10.1. The SMILES string of the molecule is Cc1ccc([C@H](C)NC(=O)CSCC(N)=O)cc1. The number of nitrogens with one attached hydrogen (secondary N) is 1. The molecule has 1 rings (SSSR count). The number of amides is 2. The summed E-state index contributed by atoms with van der Waals surface area (Å²) >= 11 is 1.22. The van der Waals surface area contributed by atoms with Gasteiger partial charge in [-0.25, -0.2) is 0 Å². The number of benzene rings is 1. The van der Waals surface area contributed by atoms with Gasteiger partial charge < -0.3 is 11.1 Å². The van der Waals surface area contributed by atoms with Crippen LogP contribution >= 0.6 is 11.8 Å². The van der Waals surface area contributed by atoms with Crippen molar-refractivity contribution < 1.29 is 9.59 Å². The van der Waals surface area contributed by atoms with E-state index in [9.17, 15) is 9.59 Å². The Hall–Kier alpha value is -1.49. The number of primary amides is 1. The van der Waals surface area contributed by atoms with Gasteiger partial charge in [0.15, 0.2) is 0 Å². The zero-order valence-electron chi connectivity index (χ0n) is 10.6. The lowest BCUT2D eigenvalue weighted by molar-refractivity contribution is -0.119. The smallest absolute Gasteiger partial charge is 0.230 e. The van der Waals surface area contributed by atoms with Gasteiger partial charge in [-0.3, -0.25) is 9.59 Å². The summed E-state index contributed by atoms with van der Waals surface area (Å²) in [6, 6.07) is 7.99. The van der Waals surface area contributed by atoms with Crippen molar-refractivity contribution in [2.45, 2.75) is 19.9 Å². The van der Waals surface area contributed by atoms with Gasteiger partial charge in [-0.2, -0.15) is 0 Å². The maximum Gasteiger partial charge on any atom is 0.230 e. The number of rotatable bonds is 6. The Bertz CT molecular complexity index is 418. The highest BCUT2D eigenvalue weighted by atomic mass is 32.2. The molecule has 18 heavy (non-hydrogen) atoms. The molecule has 0 aliphatic carbocycles. The van der Waals surface area contributed by atoms with Gasteiger partial charge in [-0.05, 0) is 19.4 Å². The number of nitrogens with two attached hydrogens (primary N) is 1. The van der Waals surface area contributed by atoms with E-state index in [0.717, 1.165) is 5.56 Å². The van der Waals surface area contributed by atoms with Crippen molar-refractivity contribution in [2.24, 2.45) is 5.73 Å². The van der Waals surface area contributed by atoms with E-state index in [2.05, 4.69) is 5.32 Å². The maximum absolute atomic E-state index is 11.6. The van der Waals surface area contributed by atoms with Crippen LogP contribution in [0.5, 0.6) is 0 Å². The van der Waals surface area contributed by atoms with Crippen LogP contribution in [0.3, 0.4) is 0 Å². The van der Waals surface area contributed by atoms with E-state index in [0.29, 0.717) is 0 Å². The second-order valence-electron chi connectivity index (χ2n) is 4.16. The summed E-state index contributed by atoms with van der Waals surface area (Å²) in [5.41, 5.74) is 7.25. The average molecular weight is 266 g/mol. The third-order valence-corrected chi connectivity index (χ3v) is 3.39. The van der Waals surface area contributed by atoms with Crippen LogP contribution in [-0.2, 0) is 9.59 Å². The van der Waals surface area contributed by atoms with Gasteiger partial charge in [0.05, 0.1) is 17.5 Å². The van der Waals surface area contributed by atoms with Crippen LogP contribution in [0, 0.1) is 6.92 Å². The lowest BCUT2D eigenvalue weighted by Gasteiger charge is -2.14. The molecular weight excluding hydrogens is 248 g/mol. The zero-order valence-corrected chi connectivity index (χ0v) is 11.4. The maximum atomic E-state index is 11.6. The van der Waals surface area contributed by atoms with Gasteiger partial charge >= 0.3 is 0 Å². The summed E-state index contributed by atoms with van der Waals surface area (Å²) in [4.78, 5) is 22.1. The second-order valence-corrected chi connectivity index (χ2v) is 5.14. The van der Waals surface area contributed by atoms with Crippen molar-refractivity contribution in [1.29, 1.82) is 0 Å². The fourth-order valence-corrected chi connectivity index (χ4v) is 2.04. The molecular formula is C13H18N2O2S. The van der Waals surface area contributed by atoms with E-state index in [1.165, 1.54) is 17.3 Å². The van der Waals surface area contributed by atoms with Gasteiger partial charge in [0.25, 0.3) is 0 Å². The van der Waals surface area contributed by atoms with Crippen molar-refractivity contribution >= 4 is 23.6 Å². The molecule has 2 amide bonds. The third-order valence-electron chi connectivity index (χ3n) is 2.43. The largest absolute Gasteiger partial charge is 0.369 e. The average Bonchev–Trinajstić information content (AvgIpc) is 2.29. The summed E-state index contributed by atoms with van der Waals surface area (Å²) in [6.07, 6.45) is 0. The van der Waals surface area contributed by atoms with Gasteiger partial charge in [0.2, 0.25) is 11.8 Å². The number of thioether (sulfide) groups is 1. The quantitative estimate of drug-likeness (QED) is 0.817. The number of carbonyl (C=O) groups is 2. The molecule has 4 nitrogen and oxygen atoms in total. The molecule has 98 valence electrons. The second kappa shape index (κ2) is 7.06. The molecule has 0 radical (unpaired) electrons. The van der Waals surface area contributed by atoms with E-state index >= 15 is 0 Å². The van der Waals surface area contributed by atoms with Gasteiger partial charge in [0.1, 0.15) is 0 Å². The van der Waals surface area contributed by atoms with Gasteiger partial charge in [-0.1, -0.05) is 29.8 Å². The fraction of sp³-hybridized carbons (Fsp3) is 0.385. The first-order chi connectivity index (χ1) is 8.49. The number of hydrogen-bond acceptors (Lipinski definition) is 3. The third kappa shape index (κ3) is 5.23. The molecule has 0 heterocycles. The van der Waals surface area contributed by atoms with E-state index in [1.54, 1.807) is 0 Å². The Balaban J connectivity index is 2.39. The minimum absolute atomic E-state index is 0.0349. The monoisotopic (exact) mass is 266 g/mol. The van der Waals surface area contributed by atoms with Crippen LogP contribution < -0.4 is 11.1 Å². The number of aryl methyl sites for hydroxylation is 1. The van der Waals surface area contributed by atoms with E-state index in [4.69, 9.17) is 5.73 Å².